The molecule has 2 aliphatic carbocycles. The van der Waals surface area contributed by atoms with E-state index in [9.17, 15) is 4.79 Å². The number of nitrogens with two attached hydrogens (primary N) is 1. The van der Waals surface area contributed by atoms with Crippen LogP contribution in [-0.4, -0.2) is 29.9 Å². The molecule has 2 saturated carbocycles. The number of carbonyl (C=O) groups excluding carboxylic acids is 1. The summed E-state index contributed by atoms with van der Waals surface area (Å²) in [6.07, 6.45) is 12.2. The van der Waals surface area contributed by atoms with Gasteiger partial charge in [0.05, 0.1) is 0 Å². The van der Waals surface area contributed by atoms with Crippen LogP contribution in [0.4, 0.5) is 0 Å². The fourth-order valence-corrected chi connectivity index (χ4v) is 3.64. The monoisotopic (exact) mass is 252 g/mol. The summed E-state index contributed by atoms with van der Waals surface area (Å²) < 4.78 is 0. The van der Waals surface area contributed by atoms with Crippen LogP contribution in [0.2, 0.25) is 0 Å². The minimum Gasteiger partial charge on any atom is -0.338 e. The Kier molecular flexibility index (Phi) is 5.48. The molecule has 0 radical (unpaired) electrons. The summed E-state index contributed by atoms with van der Waals surface area (Å²) in [6.45, 7) is 1.36. The quantitative estimate of drug-likeness (QED) is 0.790. The lowest BCUT2D eigenvalue weighted by atomic mass is 10.0. The van der Waals surface area contributed by atoms with E-state index >= 15 is 0 Å². The van der Waals surface area contributed by atoms with Crippen LogP contribution in [0.5, 0.6) is 0 Å². The van der Waals surface area contributed by atoms with Gasteiger partial charge in [-0.3, -0.25) is 4.79 Å². The Bertz CT molecular complexity index is 255. The Morgan fingerprint density at radius 1 is 1.06 bits per heavy atom. The molecule has 3 nitrogen and oxygen atoms in total. The van der Waals surface area contributed by atoms with Gasteiger partial charge in [-0.1, -0.05) is 38.5 Å². The third kappa shape index (κ3) is 3.71. The van der Waals surface area contributed by atoms with E-state index < -0.39 is 0 Å². The molecule has 0 aromatic heterocycles. The number of amides is 1. The van der Waals surface area contributed by atoms with Crippen LogP contribution in [0, 0.1) is 5.92 Å². The molecular weight excluding hydrogens is 224 g/mol. The Balaban J connectivity index is 1.78. The lowest BCUT2D eigenvalue weighted by molar-refractivity contribution is -0.133. The van der Waals surface area contributed by atoms with Gasteiger partial charge in [0.1, 0.15) is 0 Å². The van der Waals surface area contributed by atoms with Gasteiger partial charge < -0.3 is 10.6 Å². The van der Waals surface area contributed by atoms with Gasteiger partial charge in [0.25, 0.3) is 0 Å². The third-order valence-corrected chi connectivity index (χ3v) is 4.70. The van der Waals surface area contributed by atoms with Crippen molar-refractivity contribution in [2.75, 3.05) is 13.1 Å². The second-order valence-electron chi connectivity index (χ2n) is 6.00. The van der Waals surface area contributed by atoms with Crippen molar-refractivity contribution in [2.45, 2.75) is 70.3 Å². The molecule has 0 aliphatic heterocycles. The van der Waals surface area contributed by atoms with E-state index in [1.54, 1.807) is 0 Å². The van der Waals surface area contributed by atoms with Crippen molar-refractivity contribution in [3.05, 3.63) is 0 Å². The highest BCUT2D eigenvalue weighted by Crippen LogP contribution is 2.29. The van der Waals surface area contributed by atoms with Gasteiger partial charge in [-0.2, -0.15) is 0 Å². The summed E-state index contributed by atoms with van der Waals surface area (Å²) >= 11 is 0. The van der Waals surface area contributed by atoms with E-state index in [4.69, 9.17) is 5.73 Å². The van der Waals surface area contributed by atoms with E-state index in [0.717, 1.165) is 25.3 Å². The van der Waals surface area contributed by atoms with Crippen LogP contribution in [0.3, 0.4) is 0 Å². The first-order valence-electron chi connectivity index (χ1n) is 7.81. The molecule has 0 aromatic rings. The number of hydrogen-bond acceptors (Lipinski definition) is 2. The van der Waals surface area contributed by atoms with Gasteiger partial charge in [-0.15, -0.1) is 0 Å². The van der Waals surface area contributed by atoms with Crippen molar-refractivity contribution in [1.29, 1.82) is 0 Å². The predicted molar refractivity (Wildman–Crippen MR) is 74.2 cm³/mol. The van der Waals surface area contributed by atoms with Crippen molar-refractivity contribution in [1.82, 2.24) is 4.90 Å². The van der Waals surface area contributed by atoms with Crippen LogP contribution in [0.25, 0.3) is 0 Å². The number of hydrogen-bond donors (Lipinski definition) is 1. The highest BCUT2D eigenvalue weighted by Gasteiger charge is 2.26. The van der Waals surface area contributed by atoms with Crippen molar-refractivity contribution >= 4 is 5.91 Å². The van der Waals surface area contributed by atoms with E-state index in [-0.39, 0.29) is 0 Å². The average Bonchev–Trinajstić information content (AvgIpc) is 3.05. The molecule has 0 spiro atoms. The van der Waals surface area contributed by atoms with Crippen LogP contribution in [-0.2, 0) is 4.79 Å². The summed E-state index contributed by atoms with van der Waals surface area (Å²) in [5.41, 5.74) is 5.66. The number of nitrogens with zero attached hydrogens (tertiary/aromatic N) is 1. The van der Waals surface area contributed by atoms with Gasteiger partial charge in [0, 0.05) is 25.6 Å². The summed E-state index contributed by atoms with van der Waals surface area (Å²) in [5, 5.41) is 0. The minimum atomic E-state index is 0.360. The first kappa shape index (κ1) is 13.9. The van der Waals surface area contributed by atoms with Crippen LogP contribution in [0.1, 0.15) is 64.2 Å². The van der Waals surface area contributed by atoms with Crippen LogP contribution in [0.15, 0.2) is 0 Å². The Labute approximate surface area is 111 Å². The number of carbonyl (C=O) groups is 1. The minimum absolute atomic E-state index is 0.360. The van der Waals surface area contributed by atoms with Gasteiger partial charge in [-0.25, -0.2) is 0 Å². The maximum atomic E-state index is 12.3. The fourth-order valence-electron chi connectivity index (χ4n) is 3.64. The SMILES string of the molecule is NCCN(C(=O)CCC1CCCC1)C1CCCC1. The Hall–Kier alpha value is -0.570. The zero-order valence-electron chi connectivity index (χ0n) is 11.6. The lowest BCUT2D eigenvalue weighted by Crippen LogP contribution is -2.42. The topological polar surface area (TPSA) is 46.3 Å². The van der Waals surface area contributed by atoms with Crippen molar-refractivity contribution in [3.63, 3.8) is 0 Å². The fraction of sp³-hybridized carbons (Fsp3) is 0.933. The molecule has 104 valence electrons. The van der Waals surface area contributed by atoms with Gasteiger partial charge >= 0.3 is 0 Å². The van der Waals surface area contributed by atoms with E-state index in [1.165, 1.54) is 51.4 Å². The first-order valence-corrected chi connectivity index (χ1v) is 7.81. The van der Waals surface area contributed by atoms with Crippen molar-refractivity contribution in [3.8, 4) is 0 Å². The summed E-state index contributed by atoms with van der Waals surface area (Å²) in [6, 6.07) is 0.490. The lowest BCUT2D eigenvalue weighted by Gasteiger charge is -2.29. The van der Waals surface area contributed by atoms with E-state index in [1.807, 2.05) is 0 Å². The van der Waals surface area contributed by atoms with Crippen LogP contribution < -0.4 is 5.73 Å². The molecule has 0 heterocycles. The normalized spacial score (nSPS) is 21.6. The molecule has 0 atom stereocenters. The summed E-state index contributed by atoms with van der Waals surface area (Å²) in [5.74, 6) is 1.18. The molecule has 0 unspecified atom stereocenters. The molecule has 1 amide bonds. The molecule has 18 heavy (non-hydrogen) atoms. The van der Waals surface area contributed by atoms with Crippen molar-refractivity contribution in [2.24, 2.45) is 11.7 Å². The van der Waals surface area contributed by atoms with Crippen LogP contribution >= 0.6 is 0 Å². The molecule has 2 fully saturated rings. The Morgan fingerprint density at radius 2 is 1.67 bits per heavy atom. The smallest absolute Gasteiger partial charge is 0.222 e. The summed E-state index contributed by atoms with van der Waals surface area (Å²) in [4.78, 5) is 14.4. The molecule has 2 rings (SSSR count). The molecular formula is C15H28N2O. The second-order valence-corrected chi connectivity index (χ2v) is 6.00. The Morgan fingerprint density at radius 3 is 2.28 bits per heavy atom. The molecule has 0 bridgehead atoms. The summed E-state index contributed by atoms with van der Waals surface area (Å²) in [7, 11) is 0. The standard InChI is InChI=1S/C15H28N2O/c16-11-12-17(14-7-3-4-8-14)15(18)10-9-13-5-1-2-6-13/h13-14H,1-12,16H2. The third-order valence-electron chi connectivity index (χ3n) is 4.70. The second kappa shape index (κ2) is 7.13. The molecule has 0 aromatic carbocycles. The largest absolute Gasteiger partial charge is 0.338 e. The van der Waals surface area contributed by atoms with Crippen molar-refractivity contribution < 1.29 is 4.79 Å². The van der Waals surface area contributed by atoms with E-state index in [0.29, 0.717) is 18.5 Å². The van der Waals surface area contributed by atoms with Gasteiger partial charge in [0.15, 0.2) is 0 Å². The maximum Gasteiger partial charge on any atom is 0.222 e. The molecule has 0 saturated heterocycles. The highest BCUT2D eigenvalue weighted by atomic mass is 16.2. The predicted octanol–water partition coefficient (Wildman–Crippen LogP) is 2.69. The maximum absolute atomic E-state index is 12.3. The average molecular weight is 252 g/mol. The molecule has 2 aliphatic rings. The zero-order chi connectivity index (χ0) is 12.8. The molecule has 2 N–H and O–H groups in total. The van der Waals surface area contributed by atoms with E-state index in [2.05, 4.69) is 4.90 Å². The number of rotatable bonds is 6. The first-order chi connectivity index (χ1) is 8.81. The van der Waals surface area contributed by atoms with Gasteiger partial charge in [-0.05, 0) is 25.2 Å². The molecule has 3 heteroatoms. The van der Waals surface area contributed by atoms with Gasteiger partial charge in [0.2, 0.25) is 5.91 Å². The highest BCUT2D eigenvalue weighted by molar-refractivity contribution is 5.76. The zero-order valence-corrected chi connectivity index (χ0v) is 11.6.